The number of aromatic nitrogens is 5. The van der Waals surface area contributed by atoms with Crippen LogP contribution < -0.4 is 0 Å². The molecule has 0 saturated heterocycles. The maximum absolute atomic E-state index is 4.67. The Kier molecular flexibility index (Phi) is 3.72. The lowest BCUT2D eigenvalue weighted by Crippen LogP contribution is -2.03. The zero-order valence-electron chi connectivity index (χ0n) is 12.4. The number of benzene rings is 1. The van der Waals surface area contributed by atoms with Gasteiger partial charge in [0.15, 0.2) is 0 Å². The van der Waals surface area contributed by atoms with Crippen LogP contribution in [0, 0.1) is 6.92 Å². The number of thiazole rings is 1. The number of thiophene rings is 1. The lowest BCUT2D eigenvalue weighted by atomic mass is 10.2. The van der Waals surface area contributed by atoms with Crippen molar-refractivity contribution in [2.24, 2.45) is 0 Å². The van der Waals surface area contributed by atoms with Crippen LogP contribution in [0.25, 0.3) is 21.3 Å². The summed E-state index contributed by atoms with van der Waals surface area (Å²) in [6, 6.07) is 14.2. The van der Waals surface area contributed by atoms with E-state index in [4.69, 9.17) is 0 Å². The molecule has 0 aliphatic carbocycles. The molecule has 114 valence electrons. The van der Waals surface area contributed by atoms with Crippen molar-refractivity contribution in [3.63, 3.8) is 0 Å². The third-order valence-corrected chi connectivity index (χ3v) is 5.45. The molecule has 4 rings (SSSR count). The summed E-state index contributed by atoms with van der Waals surface area (Å²) in [5, 5.41) is 15.8. The first-order valence-corrected chi connectivity index (χ1v) is 8.82. The van der Waals surface area contributed by atoms with Crippen LogP contribution in [-0.4, -0.2) is 25.2 Å². The summed E-state index contributed by atoms with van der Waals surface area (Å²) in [6.45, 7) is 2.62. The van der Waals surface area contributed by atoms with E-state index in [9.17, 15) is 0 Å². The van der Waals surface area contributed by atoms with Gasteiger partial charge in [-0.15, -0.1) is 32.9 Å². The van der Waals surface area contributed by atoms with Gasteiger partial charge in [-0.3, -0.25) is 0 Å². The van der Waals surface area contributed by atoms with Gasteiger partial charge in [-0.05, 0) is 23.6 Å². The minimum atomic E-state index is 0.592. The molecule has 1 aromatic carbocycles. The Balaban J connectivity index is 1.59. The van der Waals surface area contributed by atoms with Gasteiger partial charge in [-0.1, -0.05) is 36.4 Å². The van der Waals surface area contributed by atoms with Crippen LogP contribution in [0.15, 0.2) is 47.8 Å². The van der Waals surface area contributed by atoms with Crippen LogP contribution >= 0.6 is 22.7 Å². The van der Waals surface area contributed by atoms with Gasteiger partial charge in [0.25, 0.3) is 0 Å². The number of rotatable bonds is 4. The molecule has 0 aliphatic rings. The smallest absolute Gasteiger partial charge is 0.214 e. The summed E-state index contributed by atoms with van der Waals surface area (Å²) in [4.78, 5) is 8.48. The Morgan fingerprint density at radius 3 is 2.74 bits per heavy atom. The summed E-state index contributed by atoms with van der Waals surface area (Å²) >= 11 is 3.29. The largest absolute Gasteiger partial charge is 0.241 e. The quantitative estimate of drug-likeness (QED) is 0.566. The van der Waals surface area contributed by atoms with E-state index >= 15 is 0 Å². The molecule has 0 unspecified atom stereocenters. The Hall–Kier alpha value is -2.38. The van der Waals surface area contributed by atoms with Gasteiger partial charge in [0, 0.05) is 5.56 Å². The van der Waals surface area contributed by atoms with Crippen molar-refractivity contribution in [3.8, 4) is 21.3 Å². The maximum Gasteiger partial charge on any atom is 0.214 e. The molecule has 0 aliphatic heterocycles. The molecule has 0 saturated carbocycles. The first kappa shape index (κ1) is 14.2. The van der Waals surface area contributed by atoms with Crippen molar-refractivity contribution in [1.82, 2.24) is 25.2 Å². The van der Waals surface area contributed by atoms with E-state index < -0.39 is 0 Å². The molecular formula is C16H13N5S2. The highest BCUT2D eigenvalue weighted by Gasteiger charge is 2.12. The van der Waals surface area contributed by atoms with Crippen molar-refractivity contribution in [3.05, 3.63) is 58.4 Å². The molecule has 4 aromatic rings. The number of tetrazole rings is 1. The van der Waals surface area contributed by atoms with E-state index in [0.717, 1.165) is 26.0 Å². The normalized spacial score (nSPS) is 11.0. The third kappa shape index (κ3) is 2.93. The zero-order valence-corrected chi connectivity index (χ0v) is 14.0. The number of hydrogen-bond acceptors (Lipinski definition) is 6. The summed E-state index contributed by atoms with van der Waals surface area (Å²) in [5.41, 5.74) is 2.15. The fourth-order valence-electron chi connectivity index (χ4n) is 2.22. The molecule has 7 heteroatoms. The van der Waals surface area contributed by atoms with Gasteiger partial charge in [0.2, 0.25) is 5.82 Å². The first-order chi connectivity index (χ1) is 11.3. The van der Waals surface area contributed by atoms with Crippen molar-refractivity contribution in [1.29, 1.82) is 0 Å². The van der Waals surface area contributed by atoms with Crippen LogP contribution in [0.2, 0.25) is 0 Å². The van der Waals surface area contributed by atoms with E-state index in [0.29, 0.717) is 12.4 Å². The van der Waals surface area contributed by atoms with E-state index in [1.807, 2.05) is 42.6 Å². The Morgan fingerprint density at radius 2 is 1.96 bits per heavy atom. The average molecular weight is 339 g/mol. The van der Waals surface area contributed by atoms with Gasteiger partial charge in [0.05, 0.1) is 22.0 Å². The minimum absolute atomic E-state index is 0.592. The lowest BCUT2D eigenvalue weighted by Gasteiger charge is -1.95. The zero-order chi connectivity index (χ0) is 15.6. The molecule has 0 radical (unpaired) electrons. The van der Waals surface area contributed by atoms with Gasteiger partial charge < -0.3 is 0 Å². The van der Waals surface area contributed by atoms with E-state index in [1.54, 1.807) is 27.5 Å². The molecule has 0 bridgehead atoms. The number of hydrogen-bond donors (Lipinski definition) is 0. The summed E-state index contributed by atoms with van der Waals surface area (Å²) < 4.78 is 0. The van der Waals surface area contributed by atoms with Crippen LogP contribution in [-0.2, 0) is 6.54 Å². The summed E-state index contributed by atoms with van der Waals surface area (Å²) in [6.07, 6.45) is 0. The molecule has 23 heavy (non-hydrogen) atoms. The molecule has 3 aromatic heterocycles. The Morgan fingerprint density at radius 1 is 1.09 bits per heavy atom. The van der Waals surface area contributed by atoms with Crippen molar-refractivity contribution in [2.45, 2.75) is 13.5 Å². The highest BCUT2D eigenvalue weighted by molar-refractivity contribution is 7.15. The van der Waals surface area contributed by atoms with Crippen molar-refractivity contribution in [2.75, 3.05) is 0 Å². The van der Waals surface area contributed by atoms with E-state index in [-0.39, 0.29) is 0 Å². The summed E-state index contributed by atoms with van der Waals surface area (Å²) in [7, 11) is 0. The fourth-order valence-corrected chi connectivity index (χ4v) is 3.91. The topological polar surface area (TPSA) is 56.5 Å². The van der Waals surface area contributed by atoms with Crippen molar-refractivity contribution < 1.29 is 0 Å². The summed E-state index contributed by atoms with van der Waals surface area (Å²) in [5.74, 6) is 0.672. The molecule has 0 amide bonds. The molecule has 0 atom stereocenters. The fraction of sp³-hybridized carbons (Fsp3) is 0.125. The van der Waals surface area contributed by atoms with E-state index in [2.05, 4.69) is 32.5 Å². The average Bonchev–Trinajstić information content (AvgIpc) is 3.30. The second-order valence-corrected chi connectivity index (χ2v) is 7.05. The second-order valence-electron chi connectivity index (χ2n) is 5.01. The molecule has 0 spiro atoms. The highest BCUT2D eigenvalue weighted by atomic mass is 32.1. The second kappa shape index (κ2) is 6.02. The van der Waals surface area contributed by atoms with Crippen LogP contribution in [0.1, 0.15) is 10.6 Å². The van der Waals surface area contributed by atoms with Gasteiger partial charge in [0.1, 0.15) is 5.01 Å². The van der Waals surface area contributed by atoms with Gasteiger partial charge in [-0.2, -0.15) is 4.80 Å². The molecule has 3 heterocycles. The van der Waals surface area contributed by atoms with Crippen LogP contribution in [0.5, 0.6) is 0 Å². The first-order valence-electron chi connectivity index (χ1n) is 7.13. The van der Waals surface area contributed by atoms with Gasteiger partial charge in [-0.25, -0.2) is 4.98 Å². The van der Waals surface area contributed by atoms with Crippen LogP contribution in [0.3, 0.4) is 0 Å². The van der Waals surface area contributed by atoms with Crippen molar-refractivity contribution >= 4 is 22.7 Å². The SMILES string of the molecule is Cc1nc(-c2ccccc2)sc1Cn1nnc(-c2cccs2)n1. The van der Waals surface area contributed by atoms with E-state index in [1.165, 1.54) is 0 Å². The molecule has 0 N–H and O–H groups in total. The van der Waals surface area contributed by atoms with Crippen LogP contribution in [0.4, 0.5) is 0 Å². The molecule has 0 fully saturated rings. The Bertz CT molecular complexity index is 909. The molecule has 5 nitrogen and oxygen atoms in total. The molecular weight excluding hydrogens is 326 g/mol. The third-order valence-electron chi connectivity index (χ3n) is 3.39. The number of nitrogens with zero attached hydrogens (tertiary/aromatic N) is 5. The Labute approximate surface area is 141 Å². The monoisotopic (exact) mass is 339 g/mol. The lowest BCUT2D eigenvalue weighted by molar-refractivity contribution is 0.576. The highest BCUT2D eigenvalue weighted by Crippen LogP contribution is 2.28. The predicted molar refractivity (Wildman–Crippen MR) is 92.5 cm³/mol. The minimum Gasteiger partial charge on any atom is -0.241 e. The standard InChI is InChI=1S/C16H13N5S2/c1-11-14(23-16(17-11)12-6-3-2-4-7-12)10-21-19-15(18-20-21)13-8-5-9-22-13/h2-9H,10H2,1H3. The number of aryl methyl sites for hydroxylation is 1. The maximum atomic E-state index is 4.67. The predicted octanol–water partition coefficient (Wildman–Crippen LogP) is 3.88. The van der Waals surface area contributed by atoms with Gasteiger partial charge >= 0.3 is 0 Å².